The minimum atomic E-state index is -0.945. The number of nitrogens with one attached hydrogen (secondary N) is 1. The first-order chi connectivity index (χ1) is 7.80. The monoisotopic (exact) mass is 303 g/mol. The molecule has 0 saturated heterocycles. The topological polar surface area (TPSA) is 32.3 Å². The van der Waals surface area contributed by atoms with E-state index in [2.05, 4.69) is 21.2 Å². The van der Waals surface area contributed by atoms with Crippen LogP contribution in [-0.4, -0.2) is 23.3 Å². The SMILES string of the molecule is CC(C)NCC(C)(O)Cc1ccc(Br)cc1F. The molecule has 0 amide bonds. The molecule has 17 heavy (non-hydrogen) atoms. The lowest BCUT2D eigenvalue weighted by molar-refractivity contribution is 0.0573. The molecule has 0 bridgehead atoms. The first kappa shape index (κ1) is 14.6. The average Bonchev–Trinajstić information content (AvgIpc) is 2.20. The molecule has 0 saturated carbocycles. The Hall–Kier alpha value is -0.450. The van der Waals surface area contributed by atoms with Crippen LogP contribution in [0.2, 0.25) is 0 Å². The molecule has 0 fully saturated rings. The molecular weight excluding hydrogens is 285 g/mol. The summed E-state index contributed by atoms with van der Waals surface area (Å²) >= 11 is 3.21. The van der Waals surface area contributed by atoms with Gasteiger partial charge in [0, 0.05) is 23.5 Å². The van der Waals surface area contributed by atoms with Gasteiger partial charge in [0.25, 0.3) is 0 Å². The van der Waals surface area contributed by atoms with Crippen LogP contribution in [0.4, 0.5) is 4.39 Å². The molecule has 2 N–H and O–H groups in total. The lowest BCUT2D eigenvalue weighted by atomic mass is 9.96. The van der Waals surface area contributed by atoms with Crippen LogP contribution in [0.25, 0.3) is 0 Å². The summed E-state index contributed by atoms with van der Waals surface area (Å²) in [5, 5.41) is 13.3. The van der Waals surface area contributed by atoms with E-state index in [1.165, 1.54) is 6.07 Å². The van der Waals surface area contributed by atoms with Crippen LogP contribution >= 0.6 is 15.9 Å². The van der Waals surface area contributed by atoms with Gasteiger partial charge < -0.3 is 10.4 Å². The average molecular weight is 304 g/mol. The lowest BCUT2D eigenvalue weighted by Crippen LogP contribution is -2.42. The van der Waals surface area contributed by atoms with E-state index >= 15 is 0 Å². The summed E-state index contributed by atoms with van der Waals surface area (Å²) in [4.78, 5) is 0. The number of benzene rings is 1. The molecule has 1 rings (SSSR count). The van der Waals surface area contributed by atoms with Crippen molar-refractivity contribution in [3.8, 4) is 0 Å². The van der Waals surface area contributed by atoms with E-state index in [1.54, 1.807) is 19.1 Å². The standard InChI is InChI=1S/C13H19BrFNO/c1-9(2)16-8-13(3,17)7-10-4-5-11(14)6-12(10)15/h4-6,9,16-17H,7-8H2,1-3H3. The second-order valence-electron chi connectivity index (χ2n) is 4.95. The van der Waals surface area contributed by atoms with Crippen molar-refractivity contribution in [1.82, 2.24) is 5.32 Å². The fourth-order valence-electron chi connectivity index (χ4n) is 1.56. The van der Waals surface area contributed by atoms with Gasteiger partial charge in [0.2, 0.25) is 0 Å². The molecule has 0 spiro atoms. The van der Waals surface area contributed by atoms with Crippen molar-refractivity contribution < 1.29 is 9.50 Å². The minimum Gasteiger partial charge on any atom is -0.389 e. The highest BCUT2D eigenvalue weighted by Crippen LogP contribution is 2.19. The molecule has 0 radical (unpaired) electrons. The van der Waals surface area contributed by atoms with Crippen LogP contribution in [0.3, 0.4) is 0 Å². The molecule has 4 heteroatoms. The normalized spacial score (nSPS) is 15.0. The van der Waals surface area contributed by atoms with Gasteiger partial charge in [-0.25, -0.2) is 4.39 Å². The van der Waals surface area contributed by atoms with Crippen LogP contribution in [0, 0.1) is 5.82 Å². The number of hydrogen-bond donors (Lipinski definition) is 2. The van der Waals surface area contributed by atoms with Crippen molar-refractivity contribution in [3.05, 3.63) is 34.1 Å². The van der Waals surface area contributed by atoms with E-state index in [0.29, 0.717) is 29.0 Å². The summed E-state index contributed by atoms with van der Waals surface area (Å²) in [6, 6.07) is 5.20. The Balaban J connectivity index is 2.68. The zero-order chi connectivity index (χ0) is 13.1. The maximum atomic E-state index is 13.6. The molecule has 1 atom stereocenters. The number of rotatable bonds is 5. The first-order valence-corrected chi connectivity index (χ1v) is 6.49. The smallest absolute Gasteiger partial charge is 0.127 e. The molecule has 1 unspecified atom stereocenters. The van der Waals surface area contributed by atoms with Gasteiger partial charge in [-0.05, 0) is 24.6 Å². The molecule has 0 heterocycles. The predicted octanol–water partition coefficient (Wildman–Crippen LogP) is 2.88. The molecular formula is C13H19BrFNO. The van der Waals surface area contributed by atoms with Gasteiger partial charge in [-0.3, -0.25) is 0 Å². The van der Waals surface area contributed by atoms with E-state index < -0.39 is 5.60 Å². The molecule has 0 aliphatic heterocycles. The Bertz CT molecular complexity index is 380. The summed E-state index contributed by atoms with van der Waals surface area (Å²) in [5.41, 5.74) is -0.414. The largest absolute Gasteiger partial charge is 0.389 e. The Labute approximate surface area is 110 Å². The summed E-state index contributed by atoms with van der Waals surface area (Å²) in [5.74, 6) is -0.288. The lowest BCUT2D eigenvalue weighted by Gasteiger charge is -2.25. The predicted molar refractivity (Wildman–Crippen MR) is 71.6 cm³/mol. The maximum absolute atomic E-state index is 13.6. The van der Waals surface area contributed by atoms with E-state index in [9.17, 15) is 9.50 Å². The van der Waals surface area contributed by atoms with Crippen LogP contribution in [0.5, 0.6) is 0 Å². The molecule has 1 aromatic carbocycles. The number of hydrogen-bond acceptors (Lipinski definition) is 2. The second-order valence-corrected chi connectivity index (χ2v) is 5.86. The highest BCUT2D eigenvalue weighted by atomic mass is 79.9. The molecule has 0 aliphatic rings. The van der Waals surface area contributed by atoms with Crippen molar-refractivity contribution in [3.63, 3.8) is 0 Å². The van der Waals surface area contributed by atoms with Crippen LogP contribution in [0.15, 0.2) is 22.7 Å². The molecule has 0 aliphatic carbocycles. The van der Waals surface area contributed by atoms with Gasteiger partial charge in [0.15, 0.2) is 0 Å². The van der Waals surface area contributed by atoms with Gasteiger partial charge in [-0.2, -0.15) is 0 Å². The van der Waals surface area contributed by atoms with Gasteiger partial charge in [0.05, 0.1) is 5.60 Å². The van der Waals surface area contributed by atoms with Gasteiger partial charge in [-0.1, -0.05) is 35.8 Å². The molecule has 96 valence electrons. The zero-order valence-corrected chi connectivity index (χ0v) is 12.0. The maximum Gasteiger partial charge on any atom is 0.127 e. The fourth-order valence-corrected chi connectivity index (χ4v) is 1.89. The highest BCUT2D eigenvalue weighted by molar-refractivity contribution is 9.10. The van der Waals surface area contributed by atoms with Crippen molar-refractivity contribution >= 4 is 15.9 Å². The van der Waals surface area contributed by atoms with Crippen molar-refractivity contribution in [2.75, 3.05) is 6.54 Å². The van der Waals surface area contributed by atoms with Crippen molar-refractivity contribution in [2.24, 2.45) is 0 Å². The highest BCUT2D eigenvalue weighted by Gasteiger charge is 2.22. The first-order valence-electron chi connectivity index (χ1n) is 5.70. The van der Waals surface area contributed by atoms with Crippen LogP contribution in [0.1, 0.15) is 26.3 Å². The summed E-state index contributed by atoms with van der Waals surface area (Å²) in [6.45, 7) is 6.18. The Morgan fingerprint density at radius 2 is 2.12 bits per heavy atom. The number of aliphatic hydroxyl groups is 1. The van der Waals surface area contributed by atoms with Crippen LogP contribution in [-0.2, 0) is 6.42 Å². The Morgan fingerprint density at radius 1 is 1.47 bits per heavy atom. The fraction of sp³-hybridized carbons (Fsp3) is 0.538. The minimum absolute atomic E-state index is 0.288. The Kier molecular flexibility index (Phi) is 5.10. The van der Waals surface area contributed by atoms with Crippen molar-refractivity contribution in [2.45, 2.75) is 38.8 Å². The van der Waals surface area contributed by atoms with Gasteiger partial charge in [-0.15, -0.1) is 0 Å². The third-order valence-corrected chi connectivity index (χ3v) is 2.97. The molecule has 0 aromatic heterocycles. The zero-order valence-electron chi connectivity index (χ0n) is 10.4. The quantitative estimate of drug-likeness (QED) is 0.877. The van der Waals surface area contributed by atoms with E-state index in [0.717, 1.165) is 0 Å². The third kappa shape index (κ3) is 5.15. The van der Waals surface area contributed by atoms with Gasteiger partial charge >= 0.3 is 0 Å². The van der Waals surface area contributed by atoms with Crippen molar-refractivity contribution in [1.29, 1.82) is 0 Å². The summed E-state index contributed by atoms with van der Waals surface area (Å²) in [7, 11) is 0. The van der Waals surface area contributed by atoms with Crippen LogP contribution < -0.4 is 5.32 Å². The second kappa shape index (κ2) is 5.94. The summed E-state index contributed by atoms with van der Waals surface area (Å²) in [6.07, 6.45) is 0.297. The van der Waals surface area contributed by atoms with E-state index in [-0.39, 0.29) is 5.82 Å². The van der Waals surface area contributed by atoms with E-state index in [1.807, 2.05) is 13.8 Å². The van der Waals surface area contributed by atoms with E-state index in [4.69, 9.17) is 0 Å². The van der Waals surface area contributed by atoms with Gasteiger partial charge in [0.1, 0.15) is 5.82 Å². The summed E-state index contributed by atoms with van der Waals surface area (Å²) < 4.78 is 14.3. The molecule has 2 nitrogen and oxygen atoms in total. The third-order valence-electron chi connectivity index (χ3n) is 2.48. The molecule has 1 aromatic rings. The Morgan fingerprint density at radius 3 is 2.65 bits per heavy atom. The number of halogens is 2.